The van der Waals surface area contributed by atoms with E-state index < -0.39 is 62.3 Å². The number of carbonyl (C=O) groups is 4. The van der Waals surface area contributed by atoms with Crippen molar-refractivity contribution in [1.82, 2.24) is 0 Å². The Kier molecular flexibility index (Phi) is 6.39. The molecule has 0 atom stereocenters. The highest BCUT2D eigenvalue weighted by atomic mass is 35.5. The van der Waals surface area contributed by atoms with Crippen LogP contribution in [0.3, 0.4) is 0 Å². The van der Waals surface area contributed by atoms with Crippen molar-refractivity contribution in [2.24, 2.45) is 22.7 Å². The van der Waals surface area contributed by atoms with Crippen LogP contribution >= 0.6 is 23.2 Å². The second-order valence-corrected chi connectivity index (χ2v) is 11.3. The number of halogens is 2. The molecule has 9 heteroatoms. The Bertz CT molecular complexity index is 957. The maximum absolute atomic E-state index is 13.2. The van der Waals surface area contributed by atoms with E-state index in [1.165, 1.54) is 0 Å². The van der Waals surface area contributed by atoms with Gasteiger partial charge in [0.2, 0.25) is 0 Å². The van der Waals surface area contributed by atoms with Gasteiger partial charge in [0, 0.05) is 42.7 Å². The van der Waals surface area contributed by atoms with Crippen molar-refractivity contribution >= 4 is 52.0 Å². The molecule has 3 rings (SSSR count). The average Bonchev–Trinajstić information content (AvgIpc) is 2.57. The molecule has 0 aliphatic heterocycles. The van der Waals surface area contributed by atoms with Crippen LogP contribution in [-0.2, 0) is 19.2 Å². The minimum atomic E-state index is -1.28. The van der Waals surface area contributed by atoms with E-state index in [4.69, 9.17) is 23.2 Å². The van der Waals surface area contributed by atoms with Crippen LogP contribution in [0.1, 0.15) is 64.9 Å². The third-order valence-electron chi connectivity index (χ3n) is 6.34. The molecule has 172 valence electrons. The number of hydrogen-bond acceptors (Lipinski definition) is 6. The van der Waals surface area contributed by atoms with Gasteiger partial charge in [-0.15, -0.1) is 0 Å². The van der Waals surface area contributed by atoms with Crippen LogP contribution in [0.15, 0.2) is 12.1 Å². The van der Waals surface area contributed by atoms with Crippen molar-refractivity contribution < 1.29 is 24.1 Å². The minimum absolute atomic E-state index is 0.0264. The summed E-state index contributed by atoms with van der Waals surface area (Å²) in [6.07, 6.45) is 0.364. The third kappa shape index (κ3) is 4.64. The summed E-state index contributed by atoms with van der Waals surface area (Å²) in [6, 6.07) is 2.25. The summed E-state index contributed by atoms with van der Waals surface area (Å²) in [6.45, 7) is 7.20. The standard InChI is InChI=1S/C23H25Cl2NO6/c1-22(2)7-15(27)20(16(28)8-22)19(21-17(29)9-23(3,4)10-18(21)30)11-5-14(26(31)32)13(25)6-12(11)24/h5-6,19-21H,7-10H2,1-4H3. The lowest BCUT2D eigenvalue weighted by atomic mass is 9.59. The summed E-state index contributed by atoms with van der Waals surface area (Å²) >= 11 is 12.4. The average molecular weight is 482 g/mol. The van der Waals surface area contributed by atoms with Crippen LogP contribution in [0.2, 0.25) is 10.0 Å². The second kappa shape index (κ2) is 8.34. The molecule has 2 fully saturated rings. The summed E-state index contributed by atoms with van der Waals surface area (Å²) in [4.78, 5) is 63.5. The summed E-state index contributed by atoms with van der Waals surface area (Å²) in [7, 11) is 0. The fourth-order valence-electron chi connectivity index (χ4n) is 5.11. The number of carbonyl (C=O) groups excluding carboxylic acids is 4. The zero-order valence-electron chi connectivity index (χ0n) is 18.4. The lowest BCUT2D eigenvalue weighted by Crippen LogP contribution is -2.48. The first-order valence-corrected chi connectivity index (χ1v) is 11.1. The molecule has 0 unspecified atom stereocenters. The molecule has 2 aliphatic carbocycles. The molecule has 0 spiro atoms. The van der Waals surface area contributed by atoms with E-state index in [-0.39, 0.29) is 41.3 Å². The smallest absolute Gasteiger partial charge is 0.288 e. The molecule has 0 amide bonds. The molecule has 1 aromatic rings. The van der Waals surface area contributed by atoms with Crippen molar-refractivity contribution in [3.05, 3.63) is 37.9 Å². The highest BCUT2D eigenvalue weighted by molar-refractivity contribution is 6.36. The van der Waals surface area contributed by atoms with Crippen molar-refractivity contribution in [3.8, 4) is 0 Å². The van der Waals surface area contributed by atoms with Gasteiger partial charge >= 0.3 is 0 Å². The van der Waals surface area contributed by atoms with E-state index in [2.05, 4.69) is 0 Å². The summed E-state index contributed by atoms with van der Waals surface area (Å²) in [5.41, 5.74) is -1.51. The van der Waals surface area contributed by atoms with Gasteiger partial charge in [0.15, 0.2) is 0 Å². The van der Waals surface area contributed by atoms with Crippen LogP contribution in [0.5, 0.6) is 0 Å². The number of ketones is 4. The van der Waals surface area contributed by atoms with Gasteiger partial charge in [-0.05, 0) is 22.5 Å². The van der Waals surface area contributed by atoms with Crippen molar-refractivity contribution in [3.63, 3.8) is 0 Å². The monoisotopic (exact) mass is 481 g/mol. The van der Waals surface area contributed by atoms with Crippen LogP contribution in [0.25, 0.3) is 0 Å². The van der Waals surface area contributed by atoms with E-state index in [1.807, 2.05) is 0 Å². The van der Waals surface area contributed by atoms with Crippen molar-refractivity contribution in [1.29, 1.82) is 0 Å². The number of nitrogens with zero attached hydrogens (tertiary/aromatic N) is 1. The van der Waals surface area contributed by atoms with Gasteiger partial charge in [-0.25, -0.2) is 0 Å². The van der Waals surface area contributed by atoms with E-state index in [0.717, 1.165) is 12.1 Å². The summed E-state index contributed by atoms with van der Waals surface area (Å²) in [5, 5.41) is 11.3. The Morgan fingerprint density at radius 1 is 0.812 bits per heavy atom. The first-order valence-electron chi connectivity index (χ1n) is 10.4. The van der Waals surface area contributed by atoms with E-state index >= 15 is 0 Å². The Labute approximate surface area is 196 Å². The van der Waals surface area contributed by atoms with E-state index in [1.54, 1.807) is 27.7 Å². The normalized spacial score (nSPS) is 22.0. The number of Topliss-reactive ketones (excluding diaryl/α,β-unsaturated/α-hetero) is 4. The number of hydrogen-bond donors (Lipinski definition) is 0. The summed E-state index contributed by atoms with van der Waals surface area (Å²) in [5.74, 6) is -5.33. The number of rotatable bonds is 4. The van der Waals surface area contributed by atoms with Gasteiger partial charge < -0.3 is 0 Å². The molecular weight excluding hydrogens is 457 g/mol. The molecule has 0 N–H and O–H groups in total. The van der Waals surface area contributed by atoms with Gasteiger partial charge in [-0.3, -0.25) is 29.3 Å². The van der Waals surface area contributed by atoms with Gasteiger partial charge in [-0.2, -0.15) is 0 Å². The highest BCUT2D eigenvalue weighted by Gasteiger charge is 2.52. The maximum Gasteiger partial charge on any atom is 0.288 e. The van der Waals surface area contributed by atoms with Crippen molar-refractivity contribution in [2.75, 3.05) is 0 Å². The number of benzene rings is 1. The Morgan fingerprint density at radius 3 is 1.53 bits per heavy atom. The molecule has 0 heterocycles. The first-order chi connectivity index (χ1) is 14.6. The minimum Gasteiger partial charge on any atom is -0.299 e. The van der Waals surface area contributed by atoms with E-state index in [0.29, 0.717) is 0 Å². The van der Waals surface area contributed by atoms with Crippen LogP contribution in [-0.4, -0.2) is 28.1 Å². The topological polar surface area (TPSA) is 111 Å². The molecular formula is C23H25Cl2NO6. The zero-order chi connectivity index (χ0) is 24.2. The molecule has 2 saturated carbocycles. The van der Waals surface area contributed by atoms with Crippen molar-refractivity contribution in [2.45, 2.75) is 59.3 Å². The molecule has 0 saturated heterocycles. The molecule has 1 aromatic carbocycles. The fourth-order valence-corrected chi connectivity index (χ4v) is 5.69. The highest BCUT2D eigenvalue weighted by Crippen LogP contribution is 2.49. The van der Waals surface area contributed by atoms with Gasteiger partial charge in [0.25, 0.3) is 5.69 Å². The Morgan fingerprint density at radius 2 is 1.19 bits per heavy atom. The van der Waals surface area contributed by atoms with Crippen LogP contribution in [0, 0.1) is 32.8 Å². The quantitative estimate of drug-likeness (QED) is 0.334. The largest absolute Gasteiger partial charge is 0.299 e. The molecule has 32 heavy (non-hydrogen) atoms. The fraction of sp³-hybridized carbons (Fsp3) is 0.565. The number of nitro benzene ring substituents is 1. The zero-order valence-corrected chi connectivity index (χ0v) is 19.9. The van der Waals surface area contributed by atoms with Gasteiger partial charge in [-0.1, -0.05) is 50.9 Å². The summed E-state index contributed by atoms with van der Waals surface area (Å²) < 4.78 is 0. The molecule has 0 radical (unpaired) electrons. The molecule has 7 nitrogen and oxygen atoms in total. The lowest BCUT2D eigenvalue weighted by Gasteiger charge is -2.41. The molecule has 2 aliphatic rings. The molecule has 0 aromatic heterocycles. The first kappa shape index (κ1) is 24.5. The molecule has 0 bridgehead atoms. The predicted molar refractivity (Wildman–Crippen MR) is 119 cm³/mol. The van der Waals surface area contributed by atoms with Crippen LogP contribution < -0.4 is 0 Å². The maximum atomic E-state index is 13.2. The Balaban J connectivity index is 2.22. The second-order valence-electron chi connectivity index (χ2n) is 10.5. The lowest BCUT2D eigenvalue weighted by molar-refractivity contribution is -0.384. The number of nitro groups is 1. The predicted octanol–water partition coefficient (Wildman–Crippen LogP) is 5.13. The SMILES string of the molecule is CC1(C)CC(=O)C(C(c2cc([N+](=O)[O-])c(Cl)cc2Cl)C2C(=O)CC(C)(C)CC2=O)C(=O)C1. The Hall–Kier alpha value is -2.12. The van der Waals surface area contributed by atoms with Crippen LogP contribution in [0.4, 0.5) is 5.69 Å². The van der Waals surface area contributed by atoms with Gasteiger partial charge in [0.1, 0.15) is 28.2 Å². The van der Waals surface area contributed by atoms with E-state index in [9.17, 15) is 29.3 Å². The van der Waals surface area contributed by atoms with Gasteiger partial charge in [0.05, 0.1) is 16.8 Å². The third-order valence-corrected chi connectivity index (χ3v) is 6.97.